The van der Waals surface area contributed by atoms with Crippen molar-refractivity contribution < 1.29 is 4.79 Å². The van der Waals surface area contributed by atoms with Gasteiger partial charge in [-0.05, 0) is 42.3 Å². The van der Waals surface area contributed by atoms with Crippen LogP contribution in [0.4, 0.5) is 5.69 Å². The number of carbonyl (C=O) groups is 1. The predicted molar refractivity (Wildman–Crippen MR) is 97.5 cm³/mol. The van der Waals surface area contributed by atoms with E-state index >= 15 is 0 Å². The largest absolute Gasteiger partial charge is 0.292 e. The fourth-order valence-corrected chi connectivity index (χ4v) is 3.74. The third-order valence-corrected chi connectivity index (χ3v) is 5.22. The second kappa shape index (κ2) is 5.79. The highest BCUT2D eigenvalue weighted by Crippen LogP contribution is 2.32. The smallest absolute Gasteiger partial charge is 0.285 e. The van der Waals surface area contributed by atoms with Gasteiger partial charge in [0, 0.05) is 24.3 Å². The molecule has 0 unspecified atom stereocenters. The van der Waals surface area contributed by atoms with E-state index in [0.717, 1.165) is 22.1 Å². The molecular weight excluding hydrogens is 392 g/mol. The van der Waals surface area contributed by atoms with Crippen molar-refractivity contribution in [2.24, 2.45) is 0 Å². The number of carbonyl (C=O) groups excluding carboxylic acids is 1. The Morgan fingerprint density at radius 3 is 2.96 bits per heavy atom. The second-order valence-electron chi connectivity index (χ2n) is 5.69. The molecule has 3 aromatic rings. The number of fused-ring (bicyclic) bond motifs is 2. The van der Waals surface area contributed by atoms with Crippen LogP contribution in [0.15, 0.2) is 47.1 Å². The molecule has 0 bridgehead atoms. The van der Waals surface area contributed by atoms with Crippen LogP contribution in [0.2, 0.25) is 5.02 Å². The van der Waals surface area contributed by atoms with E-state index in [4.69, 9.17) is 11.6 Å². The number of hydrogen-bond donors (Lipinski definition) is 0. The number of hydrazine groups is 1. The maximum absolute atomic E-state index is 12.9. The molecule has 0 atom stereocenters. The number of benzene rings is 1. The molecular formula is C17H14BrClN4O. The normalized spacial score (nSPS) is 14.1. The van der Waals surface area contributed by atoms with Gasteiger partial charge in [0.1, 0.15) is 0 Å². The summed E-state index contributed by atoms with van der Waals surface area (Å²) in [4.78, 5) is 12.9. The van der Waals surface area contributed by atoms with Crippen LogP contribution in [0.5, 0.6) is 0 Å². The predicted octanol–water partition coefficient (Wildman–Crippen LogP) is 3.80. The molecule has 0 spiro atoms. The summed E-state index contributed by atoms with van der Waals surface area (Å²) in [7, 11) is 1.90. The maximum atomic E-state index is 12.9. The van der Waals surface area contributed by atoms with Gasteiger partial charge >= 0.3 is 0 Å². The highest BCUT2D eigenvalue weighted by atomic mass is 79.9. The van der Waals surface area contributed by atoms with Crippen molar-refractivity contribution >= 4 is 44.6 Å². The molecule has 122 valence electrons. The van der Waals surface area contributed by atoms with Crippen molar-refractivity contribution in [1.82, 2.24) is 14.6 Å². The molecule has 0 saturated carbocycles. The summed E-state index contributed by atoms with van der Waals surface area (Å²) in [5.74, 6) is -0.122. The Hall–Kier alpha value is -2.05. The molecule has 24 heavy (non-hydrogen) atoms. The Bertz CT molecular complexity index is 955. The quantitative estimate of drug-likeness (QED) is 0.618. The number of aromatic nitrogens is 2. The van der Waals surface area contributed by atoms with Crippen LogP contribution in [0.3, 0.4) is 0 Å². The SMILES string of the molecule is CN1c2cccc(Br)c2CCN1C(=O)c1cc2ccc(Cl)cn2n1. The number of hydrogen-bond acceptors (Lipinski definition) is 3. The van der Waals surface area contributed by atoms with Crippen molar-refractivity contribution in [2.45, 2.75) is 6.42 Å². The van der Waals surface area contributed by atoms with E-state index in [1.54, 1.807) is 27.9 Å². The number of halogens is 2. The Morgan fingerprint density at radius 2 is 2.12 bits per heavy atom. The molecule has 2 aromatic heterocycles. The summed E-state index contributed by atoms with van der Waals surface area (Å²) < 4.78 is 2.70. The lowest BCUT2D eigenvalue weighted by molar-refractivity contribution is 0.0732. The first-order chi connectivity index (χ1) is 11.5. The van der Waals surface area contributed by atoms with Gasteiger partial charge in [-0.2, -0.15) is 5.10 Å². The molecule has 0 saturated heterocycles. The van der Waals surface area contributed by atoms with Crippen LogP contribution in [0.1, 0.15) is 16.1 Å². The number of nitrogens with zero attached hydrogens (tertiary/aromatic N) is 4. The molecule has 1 amide bonds. The third kappa shape index (κ3) is 2.46. The Labute approximate surface area is 152 Å². The number of amides is 1. The highest BCUT2D eigenvalue weighted by molar-refractivity contribution is 9.10. The molecule has 3 heterocycles. The third-order valence-electron chi connectivity index (χ3n) is 4.26. The van der Waals surface area contributed by atoms with Crippen LogP contribution >= 0.6 is 27.5 Å². The number of anilines is 1. The summed E-state index contributed by atoms with van der Waals surface area (Å²) in [5.41, 5.74) is 3.48. The van der Waals surface area contributed by atoms with Crippen LogP contribution < -0.4 is 5.01 Å². The van der Waals surface area contributed by atoms with Crippen LogP contribution in [-0.4, -0.2) is 34.1 Å². The Kier molecular flexibility index (Phi) is 3.73. The molecule has 4 rings (SSSR count). The Morgan fingerprint density at radius 1 is 1.29 bits per heavy atom. The first-order valence-corrected chi connectivity index (χ1v) is 8.69. The van der Waals surface area contributed by atoms with Gasteiger partial charge in [-0.15, -0.1) is 0 Å². The molecule has 1 aliphatic rings. The van der Waals surface area contributed by atoms with E-state index in [1.165, 1.54) is 5.56 Å². The van der Waals surface area contributed by atoms with Gasteiger partial charge in [0.25, 0.3) is 5.91 Å². The lowest BCUT2D eigenvalue weighted by Gasteiger charge is -2.38. The topological polar surface area (TPSA) is 40.9 Å². The van der Waals surface area contributed by atoms with Crippen molar-refractivity contribution in [3.05, 3.63) is 63.3 Å². The van der Waals surface area contributed by atoms with Crippen molar-refractivity contribution in [1.29, 1.82) is 0 Å². The van der Waals surface area contributed by atoms with Gasteiger partial charge in [0.05, 0.1) is 16.2 Å². The average Bonchev–Trinajstić information content (AvgIpc) is 2.98. The molecule has 0 fully saturated rings. The lowest BCUT2D eigenvalue weighted by atomic mass is 10.1. The summed E-state index contributed by atoms with van der Waals surface area (Å²) in [6.45, 7) is 0.611. The Balaban J connectivity index is 1.69. The molecule has 0 aliphatic carbocycles. The zero-order valence-electron chi connectivity index (χ0n) is 12.9. The molecule has 0 N–H and O–H groups in total. The zero-order valence-corrected chi connectivity index (χ0v) is 15.3. The van der Waals surface area contributed by atoms with Gasteiger partial charge in [-0.1, -0.05) is 33.6 Å². The first kappa shape index (κ1) is 15.5. The van der Waals surface area contributed by atoms with Gasteiger partial charge in [-0.25, -0.2) is 9.52 Å². The summed E-state index contributed by atoms with van der Waals surface area (Å²) in [5, 5.41) is 8.56. The van der Waals surface area contributed by atoms with E-state index in [2.05, 4.69) is 21.0 Å². The van der Waals surface area contributed by atoms with Gasteiger partial charge in [0.15, 0.2) is 5.69 Å². The standard InChI is InChI=1S/C17H14BrClN4O/c1-21-16-4-2-3-14(18)13(16)7-8-23(21)17(24)15-9-12-6-5-11(19)10-22(12)20-15/h2-6,9-10H,7-8H2,1H3. The van der Waals surface area contributed by atoms with Crippen molar-refractivity contribution in [3.8, 4) is 0 Å². The van der Waals surface area contributed by atoms with Crippen LogP contribution in [0.25, 0.3) is 5.52 Å². The van der Waals surface area contributed by atoms with Gasteiger partial charge in [-0.3, -0.25) is 9.80 Å². The maximum Gasteiger partial charge on any atom is 0.292 e. The summed E-state index contributed by atoms with van der Waals surface area (Å²) in [6, 6.07) is 11.4. The molecule has 5 nitrogen and oxygen atoms in total. The van der Waals surface area contributed by atoms with E-state index in [-0.39, 0.29) is 5.91 Å². The van der Waals surface area contributed by atoms with Crippen LogP contribution in [0, 0.1) is 0 Å². The lowest BCUT2D eigenvalue weighted by Crippen LogP contribution is -2.48. The first-order valence-electron chi connectivity index (χ1n) is 7.52. The van der Waals surface area contributed by atoms with Crippen LogP contribution in [-0.2, 0) is 6.42 Å². The fraction of sp³-hybridized carbons (Fsp3) is 0.176. The minimum atomic E-state index is -0.122. The molecule has 1 aliphatic heterocycles. The minimum Gasteiger partial charge on any atom is -0.285 e. The average molecular weight is 406 g/mol. The second-order valence-corrected chi connectivity index (χ2v) is 6.98. The summed E-state index contributed by atoms with van der Waals surface area (Å²) in [6.07, 6.45) is 2.49. The zero-order chi connectivity index (χ0) is 16.8. The van der Waals surface area contributed by atoms with E-state index in [0.29, 0.717) is 17.3 Å². The number of pyridine rings is 1. The molecule has 7 heteroatoms. The fourth-order valence-electron chi connectivity index (χ4n) is 3.03. The van der Waals surface area contributed by atoms with Crippen molar-refractivity contribution in [2.75, 3.05) is 18.6 Å². The summed E-state index contributed by atoms with van der Waals surface area (Å²) >= 11 is 9.56. The monoisotopic (exact) mass is 404 g/mol. The van der Waals surface area contributed by atoms with E-state index in [9.17, 15) is 4.79 Å². The molecule has 0 radical (unpaired) electrons. The number of rotatable bonds is 1. The van der Waals surface area contributed by atoms with Crippen molar-refractivity contribution in [3.63, 3.8) is 0 Å². The van der Waals surface area contributed by atoms with E-state index in [1.807, 2.05) is 36.3 Å². The minimum absolute atomic E-state index is 0.122. The van der Waals surface area contributed by atoms with Gasteiger partial charge in [0.2, 0.25) is 0 Å². The van der Waals surface area contributed by atoms with E-state index < -0.39 is 0 Å². The van der Waals surface area contributed by atoms with Gasteiger partial charge < -0.3 is 0 Å². The highest BCUT2D eigenvalue weighted by Gasteiger charge is 2.28. The molecule has 1 aromatic carbocycles.